The van der Waals surface area contributed by atoms with E-state index in [9.17, 15) is 43.5 Å². The van der Waals surface area contributed by atoms with Crippen molar-refractivity contribution in [1.29, 1.82) is 0 Å². The maximum Gasteiger partial charge on any atom is 0.355 e. The first-order valence-electron chi connectivity index (χ1n) is 28.0. The molecule has 4 aromatic carbocycles. The molecule has 0 aliphatic carbocycles. The van der Waals surface area contributed by atoms with E-state index in [2.05, 4.69) is 52.7 Å². The Balaban J connectivity index is 0.000000229. The number of aromatic nitrogens is 2. The van der Waals surface area contributed by atoms with E-state index in [1.165, 1.54) is 16.8 Å². The maximum absolute atomic E-state index is 14.1. The smallest absolute Gasteiger partial charge is 0.355 e. The molecule has 3 aliphatic rings. The Bertz CT molecular complexity index is 3570. The number of amides is 6. The Labute approximate surface area is 499 Å². The fourth-order valence-corrected chi connectivity index (χ4v) is 11.4. The molecule has 1 fully saturated rings. The first-order chi connectivity index (χ1) is 40.8. The fourth-order valence-electron chi connectivity index (χ4n) is 10.5. The van der Waals surface area contributed by atoms with E-state index in [4.69, 9.17) is 28.0 Å². The van der Waals surface area contributed by atoms with Crippen LogP contribution in [0.1, 0.15) is 101 Å². The number of rotatable bonds is 20. The highest BCUT2D eigenvalue weighted by atomic mass is 32.2. The molecule has 85 heavy (non-hydrogen) atoms. The summed E-state index contributed by atoms with van der Waals surface area (Å²) in [6.07, 6.45) is 2.28. The Hall–Kier alpha value is -8.47. The van der Waals surface area contributed by atoms with Gasteiger partial charge < -0.3 is 61.1 Å². The van der Waals surface area contributed by atoms with Gasteiger partial charge in [0.25, 0.3) is 5.56 Å². The van der Waals surface area contributed by atoms with Gasteiger partial charge in [0.05, 0.1) is 41.5 Å². The number of likely N-dealkylation sites (tertiary alicyclic amines) is 1. The predicted molar refractivity (Wildman–Crippen MR) is 329 cm³/mol. The standard InChI is InChI=1S/C34H39BN5O7P.C26H30N6O4S/c1-5-18-19-10-7-8-11-23(19)36-27-20(18)15-40-25(27)14-22-21(30(40)42)16-46-33(45)34(22,6-2)47-32(44)26(17(3)4)37-29(41)24-12-9-13-39(24)31(43)28(35)38-48;1-2-13-28-25(35)30-20-6-4-8-22(15-20)37-32-21-7-3-5-17(14-21)23(16-24(33)34)31-26(36)29-19-11-9-18(27)10-12-19/h7-8,10-11,14,17,24,26,28,38H,5-6,9,12-13,15-16,48H2,1-4H3,(H,37,41);3-12,14-15,23,32H,2,13,16,27H2,1H3,(H,33,34)(H2,28,30,35)(H2,29,31,36). The molecule has 6 unspecified atom stereocenters. The van der Waals surface area contributed by atoms with E-state index in [0.29, 0.717) is 66.5 Å². The topological polar surface area (TPSA) is 307 Å². The number of carbonyl (C=O) groups is 7. The second-order valence-corrected chi connectivity index (χ2v) is 22.2. The summed E-state index contributed by atoms with van der Waals surface area (Å²) in [5.74, 6) is -5.11. The number of para-hydroxylation sites is 1. The summed E-state index contributed by atoms with van der Waals surface area (Å²) in [4.78, 5) is 111. The summed E-state index contributed by atoms with van der Waals surface area (Å²) in [5.41, 5.74) is 11.0. The van der Waals surface area contributed by atoms with Crippen LogP contribution >= 0.6 is 21.3 Å². The van der Waals surface area contributed by atoms with Gasteiger partial charge in [-0.05, 0) is 128 Å². The number of carbonyl (C=O) groups excluding carboxylic acids is 6. The van der Waals surface area contributed by atoms with Crippen LogP contribution in [-0.2, 0) is 58.6 Å². The van der Waals surface area contributed by atoms with E-state index in [1.54, 1.807) is 79.9 Å². The molecule has 22 nitrogen and oxygen atoms in total. The number of pyridine rings is 2. The quantitative estimate of drug-likeness (QED) is 0.0118. The number of cyclic esters (lactones) is 1. The van der Waals surface area contributed by atoms with Crippen LogP contribution in [0, 0.1) is 5.92 Å². The monoisotopic (exact) mass is 1190 g/mol. The van der Waals surface area contributed by atoms with Crippen molar-refractivity contribution < 1.29 is 48.1 Å². The zero-order valence-corrected chi connectivity index (χ0v) is 49.8. The van der Waals surface area contributed by atoms with Gasteiger partial charge in [0.1, 0.15) is 26.5 Å². The molecule has 2 radical (unpaired) electrons. The first-order valence-corrected chi connectivity index (χ1v) is 29.4. The first kappa shape index (κ1) is 62.6. The number of hydrogen-bond donors (Lipinski definition) is 9. The molecule has 0 spiro atoms. The van der Waals surface area contributed by atoms with Crippen molar-refractivity contribution in [2.75, 3.05) is 34.2 Å². The zero-order valence-electron chi connectivity index (χ0n) is 47.8. The summed E-state index contributed by atoms with van der Waals surface area (Å²) in [7, 11) is 8.04. The average Bonchev–Trinajstić information content (AvgIpc) is 1.80. The number of carboxylic acids is 1. The molecule has 444 valence electrons. The highest BCUT2D eigenvalue weighted by molar-refractivity contribution is 8.00. The van der Waals surface area contributed by atoms with Gasteiger partial charge in [-0.25, -0.2) is 24.2 Å². The van der Waals surface area contributed by atoms with Gasteiger partial charge in [0, 0.05) is 63.2 Å². The number of carboxylic acid groups (broad SMARTS) is 1. The summed E-state index contributed by atoms with van der Waals surface area (Å²) in [5, 5.41) is 26.8. The van der Waals surface area contributed by atoms with Crippen LogP contribution in [0.4, 0.5) is 32.3 Å². The number of benzene rings is 4. The van der Waals surface area contributed by atoms with Crippen LogP contribution in [0.3, 0.4) is 0 Å². The molecule has 6 amide bonds. The fraction of sp³-hybridized carbons (Fsp3) is 0.350. The van der Waals surface area contributed by atoms with Gasteiger partial charge in [-0.1, -0.05) is 80.4 Å². The number of esters is 2. The number of nitrogens with one attached hydrogen (secondary N) is 7. The Morgan fingerprint density at radius 3 is 2.33 bits per heavy atom. The SMILES string of the molecule is CCCNC(=O)Nc1cccc(SNc2cccc(C(CC(=O)O)NC(=O)Nc3ccc(N)cc3)c2)c1.[B]C(NP)C(=O)N1CCCC1C(=O)NC(C(=O)OC1(CC)C(=O)OCc2c1cc1n(c2=O)Cc2c-1nc1ccccc1c2CC)C(C)C. The summed E-state index contributed by atoms with van der Waals surface area (Å²) in [6, 6.07) is 27.2. The van der Waals surface area contributed by atoms with Gasteiger partial charge in [-0.15, -0.1) is 0 Å². The van der Waals surface area contributed by atoms with E-state index < -0.39 is 71.3 Å². The third-order valence-corrected chi connectivity index (χ3v) is 16.1. The largest absolute Gasteiger partial charge is 0.481 e. The van der Waals surface area contributed by atoms with E-state index in [0.717, 1.165) is 45.5 Å². The highest BCUT2D eigenvalue weighted by Crippen LogP contribution is 2.42. The molecule has 0 saturated carbocycles. The zero-order chi connectivity index (χ0) is 61.1. The summed E-state index contributed by atoms with van der Waals surface area (Å²) >= 11 is 1.34. The molecule has 0 bridgehead atoms. The second kappa shape index (κ2) is 27.9. The van der Waals surface area contributed by atoms with Crippen LogP contribution in [-0.4, -0.2) is 100 Å². The number of nitrogen functional groups attached to an aromatic ring is 1. The van der Waals surface area contributed by atoms with Crippen molar-refractivity contribution in [3.05, 3.63) is 141 Å². The van der Waals surface area contributed by atoms with E-state index in [1.807, 2.05) is 55.5 Å². The third kappa shape index (κ3) is 14.4. The molecule has 6 aromatic rings. The molecule has 5 heterocycles. The second-order valence-electron chi connectivity index (χ2n) is 21.0. The van der Waals surface area contributed by atoms with Gasteiger partial charge in [-0.3, -0.25) is 24.3 Å². The van der Waals surface area contributed by atoms with Gasteiger partial charge in [-0.2, -0.15) is 0 Å². The number of ether oxygens (including phenoxy) is 2. The molecule has 1 saturated heterocycles. The minimum Gasteiger partial charge on any atom is -0.481 e. The molecule has 25 heteroatoms. The molecule has 2 aromatic heterocycles. The highest BCUT2D eigenvalue weighted by Gasteiger charge is 2.52. The average molecular weight is 1190 g/mol. The van der Waals surface area contributed by atoms with Crippen molar-refractivity contribution >= 4 is 105 Å². The predicted octanol–water partition coefficient (Wildman–Crippen LogP) is 7.46. The number of nitrogens with two attached hydrogens (primary N) is 1. The lowest BCUT2D eigenvalue weighted by Crippen LogP contribution is -2.56. The number of anilines is 4. The van der Waals surface area contributed by atoms with Gasteiger partial charge >= 0.3 is 30.0 Å². The Kier molecular flexibility index (Phi) is 20.6. The molecular weight excluding hydrogens is 1120 g/mol. The minimum atomic E-state index is -1.93. The van der Waals surface area contributed by atoms with Gasteiger partial charge in [0.2, 0.25) is 17.4 Å². The molecule has 3 aliphatic heterocycles. The van der Waals surface area contributed by atoms with Crippen molar-refractivity contribution in [2.45, 2.75) is 121 Å². The molecule has 6 atom stereocenters. The Morgan fingerprint density at radius 1 is 0.894 bits per heavy atom. The molecular formula is C60H69BN11O11PS. The van der Waals surface area contributed by atoms with E-state index >= 15 is 0 Å². The number of aliphatic carboxylic acids is 1. The lowest BCUT2D eigenvalue weighted by Gasteiger charge is -2.37. The van der Waals surface area contributed by atoms with Gasteiger partial charge in [0.15, 0.2) is 0 Å². The van der Waals surface area contributed by atoms with Crippen molar-refractivity contribution in [3.8, 4) is 11.4 Å². The lowest BCUT2D eigenvalue weighted by molar-refractivity contribution is -0.191. The molecule has 9 rings (SSSR count). The Morgan fingerprint density at radius 2 is 1.62 bits per heavy atom. The van der Waals surface area contributed by atoms with Crippen LogP contribution < -0.4 is 47.7 Å². The molecule has 10 N–H and O–H groups in total. The lowest BCUT2D eigenvalue weighted by atomic mass is 9.85. The minimum absolute atomic E-state index is 0.0186. The van der Waals surface area contributed by atoms with Crippen LogP contribution in [0.15, 0.2) is 113 Å². The van der Waals surface area contributed by atoms with Crippen LogP contribution in [0.5, 0.6) is 0 Å². The number of nitrogens with zero attached hydrogens (tertiary/aromatic N) is 3. The summed E-state index contributed by atoms with van der Waals surface area (Å²) in [6.45, 7) is 10.2. The maximum atomic E-state index is 14.1. The van der Waals surface area contributed by atoms with Crippen molar-refractivity contribution in [3.63, 3.8) is 0 Å². The van der Waals surface area contributed by atoms with Crippen LogP contribution in [0.25, 0.3) is 22.3 Å². The van der Waals surface area contributed by atoms with Crippen LogP contribution in [0.2, 0.25) is 0 Å². The third-order valence-electron chi connectivity index (χ3n) is 14.9. The van der Waals surface area contributed by atoms with E-state index in [-0.39, 0.29) is 42.2 Å². The van der Waals surface area contributed by atoms with Crippen molar-refractivity contribution in [2.24, 2.45) is 5.92 Å². The summed E-state index contributed by atoms with van der Waals surface area (Å²) < 4.78 is 16.5. The number of hydrogen-bond acceptors (Lipinski definition) is 15. The normalized spacial score (nSPS) is 16.7. The number of aryl methyl sites for hydroxylation is 1. The number of fused-ring (bicyclic) bond motifs is 5. The van der Waals surface area contributed by atoms with Crippen molar-refractivity contribution in [1.82, 2.24) is 35.5 Å². The number of urea groups is 2.